The molecule has 2 heterocycles. The van der Waals surface area contributed by atoms with Gasteiger partial charge < -0.3 is 9.77 Å². The minimum absolute atomic E-state index is 0.0639. The van der Waals surface area contributed by atoms with Crippen LogP contribution in [0.25, 0.3) is 16.6 Å². The Morgan fingerprint density at radius 3 is 2.58 bits per heavy atom. The van der Waals surface area contributed by atoms with E-state index in [0.29, 0.717) is 0 Å². The number of para-hydroxylation sites is 2. The maximum absolute atomic E-state index is 13.0. The molecular weight excluding hydrogens is 308 g/mol. The van der Waals surface area contributed by atoms with Crippen molar-refractivity contribution in [2.45, 2.75) is 33.2 Å². The SMILES string of the molecule is CC(CC(=O)c1ncn2c1c(=O)n(C(C)C)c1ccccc12)=NO. The van der Waals surface area contributed by atoms with E-state index in [-0.39, 0.29) is 40.7 Å². The lowest BCUT2D eigenvalue weighted by molar-refractivity contribution is 0.0996. The van der Waals surface area contributed by atoms with E-state index in [1.807, 2.05) is 38.1 Å². The zero-order valence-corrected chi connectivity index (χ0v) is 13.7. The Hall–Kier alpha value is -2.96. The van der Waals surface area contributed by atoms with Crippen LogP contribution in [-0.2, 0) is 0 Å². The molecule has 0 unspecified atom stereocenters. The Kier molecular flexibility index (Phi) is 3.92. The van der Waals surface area contributed by atoms with Crippen LogP contribution >= 0.6 is 0 Å². The third kappa shape index (κ3) is 2.38. The molecule has 1 aromatic carbocycles. The Bertz CT molecular complexity index is 1030. The van der Waals surface area contributed by atoms with Gasteiger partial charge in [0.05, 0.1) is 23.2 Å². The van der Waals surface area contributed by atoms with Gasteiger partial charge in [0.1, 0.15) is 17.5 Å². The fourth-order valence-corrected chi connectivity index (χ4v) is 2.90. The number of rotatable bonds is 4. The molecule has 0 amide bonds. The molecule has 24 heavy (non-hydrogen) atoms. The molecule has 0 aliphatic rings. The monoisotopic (exact) mass is 326 g/mol. The van der Waals surface area contributed by atoms with Gasteiger partial charge in [-0.3, -0.25) is 14.0 Å². The minimum Gasteiger partial charge on any atom is -0.411 e. The van der Waals surface area contributed by atoms with Gasteiger partial charge in [0.25, 0.3) is 5.56 Å². The number of nitrogens with zero attached hydrogens (tertiary/aromatic N) is 4. The highest BCUT2D eigenvalue weighted by molar-refractivity contribution is 6.11. The Morgan fingerprint density at radius 1 is 1.29 bits per heavy atom. The van der Waals surface area contributed by atoms with Gasteiger partial charge >= 0.3 is 0 Å². The highest BCUT2D eigenvalue weighted by Crippen LogP contribution is 2.20. The zero-order chi connectivity index (χ0) is 17.4. The first-order chi connectivity index (χ1) is 11.5. The molecule has 2 aromatic heterocycles. The van der Waals surface area contributed by atoms with E-state index in [0.717, 1.165) is 11.0 Å². The fourth-order valence-electron chi connectivity index (χ4n) is 2.90. The molecule has 0 radical (unpaired) electrons. The van der Waals surface area contributed by atoms with Gasteiger partial charge in [0, 0.05) is 6.04 Å². The third-order valence-electron chi connectivity index (χ3n) is 3.96. The van der Waals surface area contributed by atoms with Crippen molar-refractivity contribution in [3.05, 3.63) is 46.6 Å². The number of ketones is 1. The molecular formula is C17H18N4O3. The van der Waals surface area contributed by atoms with Crippen LogP contribution in [0.1, 0.15) is 43.7 Å². The van der Waals surface area contributed by atoms with Gasteiger partial charge in [-0.15, -0.1) is 0 Å². The molecule has 0 atom stereocenters. The predicted molar refractivity (Wildman–Crippen MR) is 91.2 cm³/mol. The first-order valence-electron chi connectivity index (χ1n) is 7.66. The van der Waals surface area contributed by atoms with E-state index in [4.69, 9.17) is 5.21 Å². The number of aromatic nitrogens is 3. The molecule has 0 fully saturated rings. The summed E-state index contributed by atoms with van der Waals surface area (Å²) in [4.78, 5) is 29.6. The summed E-state index contributed by atoms with van der Waals surface area (Å²) in [7, 11) is 0. The normalized spacial score (nSPS) is 12.4. The van der Waals surface area contributed by atoms with E-state index in [2.05, 4.69) is 10.1 Å². The molecule has 1 N–H and O–H groups in total. The van der Waals surface area contributed by atoms with Crippen molar-refractivity contribution in [1.29, 1.82) is 0 Å². The van der Waals surface area contributed by atoms with Crippen LogP contribution in [-0.4, -0.2) is 30.7 Å². The van der Waals surface area contributed by atoms with E-state index in [1.54, 1.807) is 8.97 Å². The van der Waals surface area contributed by atoms with Crippen LogP contribution in [0.5, 0.6) is 0 Å². The molecule has 3 rings (SSSR count). The lowest BCUT2D eigenvalue weighted by Gasteiger charge is -2.15. The van der Waals surface area contributed by atoms with Crippen LogP contribution in [0.4, 0.5) is 0 Å². The van der Waals surface area contributed by atoms with Crippen LogP contribution in [0, 0.1) is 0 Å². The molecule has 0 aliphatic heterocycles. The maximum atomic E-state index is 13.0. The first kappa shape index (κ1) is 15.9. The number of hydrogen-bond acceptors (Lipinski definition) is 5. The second kappa shape index (κ2) is 5.92. The number of Topliss-reactive ketones (excluding diaryl/α,β-unsaturated/α-hetero) is 1. The van der Waals surface area contributed by atoms with E-state index in [1.165, 1.54) is 13.3 Å². The summed E-state index contributed by atoms with van der Waals surface area (Å²) >= 11 is 0. The van der Waals surface area contributed by atoms with Gasteiger partial charge in [-0.25, -0.2) is 4.98 Å². The predicted octanol–water partition coefficient (Wildman–Crippen LogP) is 2.65. The van der Waals surface area contributed by atoms with Crippen LogP contribution < -0.4 is 5.56 Å². The summed E-state index contributed by atoms with van der Waals surface area (Å²) in [6, 6.07) is 7.44. The lowest BCUT2D eigenvalue weighted by atomic mass is 10.1. The largest absolute Gasteiger partial charge is 0.411 e. The van der Waals surface area contributed by atoms with Crippen molar-refractivity contribution in [2.24, 2.45) is 5.16 Å². The molecule has 0 bridgehead atoms. The summed E-state index contributed by atoms with van der Waals surface area (Å²) < 4.78 is 3.31. The quantitative estimate of drug-likeness (QED) is 0.345. The van der Waals surface area contributed by atoms with Gasteiger partial charge in [0.15, 0.2) is 5.78 Å². The van der Waals surface area contributed by atoms with E-state index >= 15 is 0 Å². The fraction of sp³-hybridized carbons (Fsp3) is 0.294. The summed E-state index contributed by atoms with van der Waals surface area (Å²) in [5.41, 5.74) is 1.95. The highest BCUT2D eigenvalue weighted by atomic mass is 16.4. The number of imidazole rings is 1. The van der Waals surface area contributed by atoms with Crippen LogP contribution in [0.2, 0.25) is 0 Å². The molecule has 0 aliphatic carbocycles. The summed E-state index contributed by atoms with van der Waals surface area (Å²) in [6.07, 6.45) is 1.40. The zero-order valence-electron chi connectivity index (χ0n) is 13.7. The van der Waals surface area contributed by atoms with Gasteiger partial charge in [-0.2, -0.15) is 0 Å². The number of oxime groups is 1. The molecule has 0 saturated carbocycles. The Morgan fingerprint density at radius 2 is 1.96 bits per heavy atom. The van der Waals surface area contributed by atoms with Crippen molar-refractivity contribution in [2.75, 3.05) is 0 Å². The topological polar surface area (TPSA) is 89.0 Å². The maximum Gasteiger partial charge on any atom is 0.278 e. The smallest absolute Gasteiger partial charge is 0.278 e. The Balaban J connectivity index is 2.37. The van der Waals surface area contributed by atoms with Crippen LogP contribution in [0.15, 0.2) is 40.5 Å². The number of carbonyl (C=O) groups excluding carboxylic acids is 1. The standard InChI is InChI=1S/C17H18N4O3/c1-10(2)21-13-7-5-4-6-12(13)20-9-18-15(16(20)17(21)23)14(22)8-11(3)19-24/h4-7,9-10,24H,8H2,1-3H3. The number of benzene rings is 1. The van der Waals surface area contributed by atoms with Gasteiger partial charge in [0.2, 0.25) is 0 Å². The molecule has 3 aromatic rings. The van der Waals surface area contributed by atoms with Crippen molar-refractivity contribution in [1.82, 2.24) is 14.0 Å². The second-order valence-corrected chi connectivity index (χ2v) is 6.00. The lowest BCUT2D eigenvalue weighted by Crippen LogP contribution is -2.25. The summed E-state index contributed by atoms with van der Waals surface area (Å²) in [6.45, 7) is 5.38. The van der Waals surface area contributed by atoms with E-state index in [9.17, 15) is 9.59 Å². The number of fused-ring (bicyclic) bond motifs is 3. The molecule has 7 nitrogen and oxygen atoms in total. The average Bonchev–Trinajstić information content (AvgIpc) is 3.00. The Labute approximate surface area is 137 Å². The van der Waals surface area contributed by atoms with Crippen molar-refractivity contribution >= 4 is 28.0 Å². The van der Waals surface area contributed by atoms with E-state index < -0.39 is 0 Å². The van der Waals surface area contributed by atoms with Crippen LogP contribution in [0.3, 0.4) is 0 Å². The third-order valence-corrected chi connectivity index (χ3v) is 3.96. The van der Waals surface area contributed by atoms with Crippen molar-refractivity contribution in [3.63, 3.8) is 0 Å². The van der Waals surface area contributed by atoms with Crippen molar-refractivity contribution < 1.29 is 10.0 Å². The second-order valence-electron chi connectivity index (χ2n) is 6.00. The molecule has 0 saturated heterocycles. The molecule has 124 valence electrons. The average molecular weight is 326 g/mol. The molecule has 7 heteroatoms. The number of hydrogen-bond donors (Lipinski definition) is 1. The highest BCUT2D eigenvalue weighted by Gasteiger charge is 2.21. The minimum atomic E-state index is -0.351. The molecule has 0 spiro atoms. The van der Waals surface area contributed by atoms with Crippen molar-refractivity contribution in [3.8, 4) is 0 Å². The summed E-state index contributed by atoms with van der Waals surface area (Å²) in [5.74, 6) is -0.351. The van der Waals surface area contributed by atoms with Gasteiger partial charge in [-0.1, -0.05) is 17.3 Å². The number of carbonyl (C=O) groups is 1. The van der Waals surface area contributed by atoms with Gasteiger partial charge in [-0.05, 0) is 32.9 Å². The summed E-state index contributed by atoms with van der Waals surface area (Å²) in [5, 5.41) is 11.8. The first-order valence-corrected chi connectivity index (χ1v) is 7.66.